The van der Waals surface area contributed by atoms with E-state index in [9.17, 15) is 4.79 Å². The Morgan fingerprint density at radius 2 is 1.95 bits per heavy atom. The summed E-state index contributed by atoms with van der Waals surface area (Å²) < 4.78 is 0. The number of hydrogen-bond acceptors (Lipinski definition) is 2. The number of benzene rings is 1. The Hall–Kier alpha value is -2.04. The topological polar surface area (TPSA) is 70.7 Å². The third kappa shape index (κ3) is 4.76. The predicted octanol–water partition coefficient (Wildman–Crippen LogP) is 2.43. The van der Waals surface area contributed by atoms with Crippen molar-refractivity contribution in [3.63, 3.8) is 0 Å². The molecule has 3 N–H and O–H groups in total. The molecule has 1 heterocycles. The predicted molar refractivity (Wildman–Crippen MR) is 91.1 cm³/mol. The van der Waals surface area contributed by atoms with E-state index in [0.29, 0.717) is 18.9 Å². The number of anilines is 1. The molecule has 22 heavy (non-hydrogen) atoms. The number of likely N-dealkylation sites (tertiary alicyclic amines) is 1. The summed E-state index contributed by atoms with van der Waals surface area (Å²) in [6, 6.07) is 6.06. The van der Waals surface area contributed by atoms with E-state index in [1.165, 1.54) is 17.5 Å². The fourth-order valence-electron chi connectivity index (χ4n) is 2.58. The number of hydrogen-bond donors (Lipinski definition) is 2. The van der Waals surface area contributed by atoms with Gasteiger partial charge in [0.1, 0.15) is 0 Å². The molecule has 1 fully saturated rings. The first kappa shape index (κ1) is 16.3. The van der Waals surface area contributed by atoms with Gasteiger partial charge in [-0.2, -0.15) is 0 Å². The van der Waals surface area contributed by atoms with Gasteiger partial charge in [0, 0.05) is 25.2 Å². The third-order valence-electron chi connectivity index (χ3n) is 4.10. The third-order valence-corrected chi connectivity index (χ3v) is 4.10. The van der Waals surface area contributed by atoms with E-state index in [0.717, 1.165) is 31.6 Å². The zero-order valence-electron chi connectivity index (χ0n) is 13.6. The van der Waals surface area contributed by atoms with Crippen LogP contribution in [-0.4, -0.2) is 36.4 Å². The Morgan fingerprint density at radius 3 is 2.64 bits per heavy atom. The highest BCUT2D eigenvalue weighted by atomic mass is 16.2. The maximum atomic E-state index is 12.0. The molecule has 0 saturated carbocycles. The van der Waals surface area contributed by atoms with Crippen LogP contribution in [0.1, 0.15) is 36.8 Å². The largest absolute Gasteiger partial charge is 0.370 e. The second kappa shape index (κ2) is 7.82. The summed E-state index contributed by atoms with van der Waals surface area (Å²) in [4.78, 5) is 18.2. The van der Waals surface area contributed by atoms with Gasteiger partial charge in [-0.05, 0) is 56.4 Å². The van der Waals surface area contributed by atoms with E-state index in [1.54, 1.807) is 0 Å². The molecule has 1 aromatic carbocycles. The van der Waals surface area contributed by atoms with Crippen LogP contribution in [0.3, 0.4) is 0 Å². The number of nitrogens with zero attached hydrogens (tertiary/aromatic N) is 2. The van der Waals surface area contributed by atoms with Crippen molar-refractivity contribution >= 4 is 17.6 Å². The van der Waals surface area contributed by atoms with Gasteiger partial charge in [0.25, 0.3) is 0 Å². The van der Waals surface area contributed by atoms with E-state index in [4.69, 9.17) is 5.73 Å². The molecule has 0 aliphatic carbocycles. The molecule has 1 amide bonds. The van der Waals surface area contributed by atoms with Crippen LogP contribution >= 0.6 is 0 Å². The minimum atomic E-state index is 0.183. The van der Waals surface area contributed by atoms with Crippen molar-refractivity contribution < 1.29 is 4.79 Å². The van der Waals surface area contributed by atoms with E-state index < -0.39 is 0 Å². The quantitative estimate of drug-likeness (QED) is 0.663. The molecular formula is C17H26N4O. The number of carbonyl (C=O) groups excluding carboxylic acids is 1. The van der Waals surface area contributed by atoms with Gasteiger partial charge in [0.2, 0.25) is 5.91 Å². The summed E-state index contributed by atoms with van der Waals surface area (Å²) in [6.45, 7) is 6.34. The second-order valence-corrected chi connectivity index (χ2v) is 5.88. The molecule has 0 aromatic heterocycles. The van der Waals surface area contributed by atoms with Gasteiger partial charge in [0.05, 0.1) is 6.54 Å². The smallest absolute Gasteiger partial charge is 0.224 e. The molecule has 1 saturated heterocycles. The van der Waals surface area contributed by atoms with Crippen molar-refractivity contribution in [2.45, 2.75) is 39.5 Å². The summed E-state index contributed by atoms with van der Waals surface area (Å²) >= 11 is 0. The molecule has 2 rings (SSSR count). The van der Waals surface area contributed by atoms with Gasteiger partial charge in [-0.1, -0.05) is 6.07 Å². The van der Waals surface area contributed by atoms with E-state index in [2.05, 4.69) is 24.2 Å². The van der Waals surface area contributed by atoms with Crippen molar-refractivity contribution in [1.29, 1.82) is 0 Å². The lowest BCUT2D eigenvalue weighted by Gasteiger charge is -2.26. The molecular weight excluding hydrogens is 276 g/mol. The Bertz CT molecular complexity index is 548. The van der Waals surface area contributed by atoms with Gasteiger partial charge < -0.3 is 16.0 Å². The highest BCUT2D eigenvalue weighted by Crippen LogP contribution is 2.14. The van der Waals surface area contributed by atoms with Crippen LogP contribution in [0.5, 0.6) is 0 Å². The fraction of sp³-hybridized carbons (Fsp3) is 0.529. The van der Waals surface area contributed by atoms with Crippen molar-refractivity contribution in [3.05, 3.63) is 29.3 Å². The number of nitrogens with two attached hydrogens (primary N) is 1. The molecule has 0 bridgehead atoms. The van der Waals surface area contributed by atoms with Crippen LogP contribution < -0.4 is 11.1 Å². The fourth-order valence-corrected chi connectivity index (χ4v) is 2.58. The van der Waals surface area contributed by atoms with Crippen LogP contribution in [0.15, 0.2) is 23.2 Å². The van der Waals surface area contributed by atoms with E-state index in [-0.39, 0.29) is 5.91 Å². The minimum absolute atomic E-state index is 0.183. The van der Waals surface area contributed by atoms with Crippen molar-refractivity contribution in [2.24, 2.45) is 10.7 Å². The summed E-state index contributed by atoms with van der Waals surface area (Å²) in [5.41, 5.74) is 9.25. The van der Waals surface area contributed by atoms with Crippen LogP contribution in [0, 0.1) is 13.8 Å². The Balaban J connectivity index is 1.79. The number of nitrogens with one attached hydrogen (secondary N) is 1. The number of amides is 1. The van der Waals surface area contributed by atoms with Crippen LogP contribution in [0.25, 0.3) is 0 Å². The first-order valence-electron chi connectivity index (χ1n) is 7.98. The van der Waals surface area contributed by atoms with Gasteiger partial charge in [-0.3, -0.25) is 9.79 Å². The lowest BCUT2D eigenvalue weighted by Crippen LogP contribution is -2.36. The number of rotatable bonds is 4. The van der Waals surface area contributed by atoms with Gasteiger partial charge in [-0.15, -0.1) is 0 Å². The van der Waals surface area contributed by atoms with E-state index in [1.807, 2.05) is 23.1 Å². The first-order chi connectivity index (χ1) is 10.6. The minimum Gasteiger partial charge on any atom is -0.370 e. The monoisotopic (exact) mass is 302 g/mol. The molecule has 0 unspecified atom stereocenters. The molecule has 5 nitrogen and oxygen atoms in total. The Labute approximate surface area is 132 Å². The molecule has 120 valence electrons. The zero-order chi connectivity index (χ0) is 15.9. The average molecular weight is 302 g/mol. The van der Waals surface area contributed by atoms with Crippen LogP contribution in [-0.2, 0) is 4.79 Å². The van der Waals surface area contributed by atoms with Crippen LogP contribution in [0.2, 0.25) is 0 Å². The van der Waals surface area contributed by atoms with Crippen LogP contribution in [0.4, 0.5) is 5.69 Å². The zero-order valence-corrected chi connectivity index (χ0v) is 13.6. The van der Waals surface area contributed by atoms with E-state index >= 15 is 0 Å². The molecule has 0 radical (unpaired) electrons. The lowest BCUT2D eigenvalue weighted by atomic mass is 10.1. The molecule has 1 aliphatic rings. The summed E-state index contributed by atoms with van der Waals surface area (Å²) in [5, 5.41) is 3.07. The van der Waals surface area contributed by atoms with Crippen molar-refractivity contribution in [1.82, 2.24) is 4.90 Å². The first-order valence-corrected chi connectivity index (χ1v) is 7.98. The molecule has 5 heteroatoms. The maximum absolute atomic E-state index is 12.0. The lowest BCUT2D eigenvalue weighted by molar-refractivity contribution is -0.131. The molecule has 0 spiro atoms. The molecule has 0 atom stereocenters. The van der Waals surface area contributed by atoms with Crippen molar-refractivity contribution in [2.75, 3.05) is 25.0 Å². The van der Waals surface area contributed by atoms with Crippen molar-refractivity contribution in [3.8, 4) is 0 Å². The number of aryl methyl sites for hydroxylation is 2. The summed E-state index contributed by atoms with van der Waals surface area (Å²) in [7, 11) is 0. The SMILES string of the molecule is Cc1ccc(NC(N)=NCCC(=O)N2CCCCC2)cc1C. The number of carbonyl (C=O) groups is 1. The average Bonchev–Trinajstić information content (AvgIpc) is 2.51. The normalized spacial score (nSPS) is 15.7. The number of aliphatic imine (C=N–C) groups is 1. The molecule has 1 aromatic rings. The second-order valence-electron chi connectivity index (χ2n) is 5.88. The highest BCUT2D eigenvalue weighted by Gasteiger charge is 2.15. The standard InChI is InChI=1S/C17H26N4O/c1-13-6-7-15(12-14(13)2)20-17(18)19-9-8-16(22)21-10-4-3-5-11-21/h6-7,12H,3-5,8-11H2,1-2H3,(H3,18,19,20). The van der Waals surface area contributed by atoms with Gasteiger partial charge in [-0.25, -0.2) is 0 Å². The van der Waals surface area contributed by atoms with Gasteiger partial charge >= 0.3 is 0 Å². The summed E-state index contributed by atoms with van der Waals surface area (Å²) in [6.07, 6.45) is 3.89. The Kier molecular flexibility index (Phi) is 5.81. The number of guanidine groups is 1. The summed E-state index contributed by atoms with van der Waals surface area (Å²) in [5.74, 6) is 0.539. The highest BCUT2D eigenvalue weighted by molar-refractivity contribution is 5.92. The maximum Gasteiger partial charge on any atom is 0.224 e. The van der Waals surface area contributed by atoms with Gasteiger partial charge in [0.15, 0.2) is 5.96 Å². The molecule has 1 aliphatic heterocycles. The number of piperidine rings is 1. The Morgan fingerprint density at radius 1 is 1.23 bits per heavy atom.